The van der Waals surface area contributed by atoms with Gasteiger partial charge in [0.05, 0.1) is 11.5 Å². The largest absolute Gasteiger partial charge is 0.494 e. The highest BCUT2D eigenvalue weighted by Crippen LogP contribution is 2.20. The van der Waals surface area contributed by atoms with Crippen molar-refractivity contribution >= 4 is 16.0 Å². The van der Waals surface area contributed by atoms with Crippen LogP contribution in [0.5, 0.6) is 5.75 Å². The molecule has 0 fully saturated rings. The average Bonchev–Trinajstić information content (AvgIpc) is 2.61. The van der Waals surface area contributed by atoms with Gasteiger partial charge in [-0.1, -0.05) is 30.3 Å². The standard InChI is InChI=1S/C18H21NO5S/c1-3-24-15-11-9-14(10-12-15)13-17(18(20)21)19(2)25(22,23)16-7-5-4-6-8-16/h4-12,17H,3,13H2,1-2H3,(H,20,21)/t17-/m0/s1. The van der Waals surface area contributed by atoms with Crippen LogP contribution >= 0.6 is 0 Å². The van der Waals surface area contributed by atoms with E-state index in [1.807, 2.05) is 6.92 Å². The molecule has 0 aliphatic carbocycles. The molecule has 0 saturated heterocycles. The first-order chi connectivity index (χ1) is 11.9. The van der Waals surface area contributed by atoms with Crippen LogP contribution in [-0.2, 0) is 21.2 Å². The predicted octanol–water partition coefficient (Wildman–Crippen LogP) is 2.40. The molecule has 0 unspecified atom stereocenters. The Kier molecular flexibility index (Phi) is 6.17. The Morgan fingerprint density at radius 1 is 1.12 bits per heavy atom. The summed E-state index contributed by atoms with van der Waals surface area (Å²) in [6, 6.07) is 13.5. The van der Waals surface area contributed by atoms with Crippen molar-refractivity contribution in [1.82, 2.24) is 4.31 Å². The molecule has 2 rings (SSSR count). The lowest BCUT2D eigenvalue weighted by molar-refractivity contribution is -0.141. The van der Waals surface area contributed by atoms with Gasteiger partial charge >= 0.3 is 5.97 Å². The summed E-state index contributed by atoms with van der Waals surface area (Å²) in [7, 11) is -2.60. The van der Waals surface area contributed by atoms with E-state index in [0.29, 0.717) is 17.9 Å². The molecule has 0 amide bonds. The summed E-state index contributed by atoms with van der Waals surface area (Å²) in [5, 5.41) is 9.52. The number of hydrogen-bond donors (Lipinski definition) is 1. The van der Waals surface area contributed by atoms with Crippen LogP contribution in [0.3, 0.4) is 0 Å². The highest BCUT2D eigenvalue weighted by atomic mass is 32.2. The van der Waals surface area contributed by atoms with Crippen molar-refractivity contribution in [3.63, 3.8) is 0 Å². The Morgan fingerprint density at radius 3 is 2.24 bits per heavy atom. The summed E-state index contributed by atoms with van der Waals surface area (Å²) in [6.07, 6.45) is 0.0598. The van der Waals surface area contributed by atoms with Crippen LogP contribution in [0.2, 0.25) is 0 Å². The normalized spacial score (nSPS) is 12.8. The molecule has 0 radical (unpaired) electrons. The number of benzene rings is 2. The third kappa shape index (κ3) is 4.58. The highest BCUT2D eigenvalue weighted by molar-refractivity contribution is 7.89. The average molecular weight is 363 g/mol. The van der Waals surface area contributed by atoms with Crippen molar-refractivity contribution < 1.29 is 23.1 Å². The van der Waals surface area contributed by atoms with Crippen molar-refractivity contribution in [3.05, 3.63) is 60.2 Å². The summed E-state index contributed by atoms with van der Waals surface area (Å²) in [4.78, 5) is 11.7. The molecule has 7 heteroatoms. The number of rotatable bonds is 8. The molecule has 0 aliphatic rings. The molecule has 0 bridgehead atoms. The number of ether oxygens (including phenoxy) is 1. The molecule has 0 heterocycles. The van der Waals surface area contributed by atoms with E-state index >= 15 is 0 Å². The van der Waals surface area contributed by atoms with Crippen LogP contribution in [0, 0.1) is 0 Å². The Morgan fingerprint density at radius 2 is 1.72 bits per heavy atom. The van der Waals surface area contributed by atoms with E-state index in [1.165, 1.54) is 19.2 Å². The Hall–Kier alpha value is -2.38. The van der Waals surface area contributed by atoms with Crippen molar-refractivity contribution in [2.75, 3.05) is 13.7 Å². The van der Waals surface area contributed by atoms with Crippen molar-refractivity contribution in [2.45, 2.75) is 24.3 Å². The zero-order valence-corrected chi connectivity index (χ0v) is 14.9. The van der Waals surface area contributed by atoms with E-state index in [2.05, 4.69) is 0 Å². The van der Waals surface area contributed by atoms with Crippen LogP contribution in [-0.4, -0.2) is 43.5 Å². The van der Waals surface area contributed by atoms with Gasteiger partial charge in [0, 0.05) is 7.05 Å². The van der Waals surface area contributed by atoms with Gasteiger partial charge in [0.2, 0.25) is 10.0 Å². The molecule has 25 heavy (non-hydrogen) atoms. The second-order valence-corrected chi connectivity index (χ2v) is 7.47. The first-order valence-electron chi connectivity index (χ1n) is 7.84. The smallest absolute Gasteiger partial charge is 0.322 e. The lowest BCUT2D eigenvalue weighted by Crippen LogP contribution is -2.43. The van der Waals surface area contributed by atoms with Crippen LogP contribution in [0.1, 0.15) is 12.5 Å². The zero-order valence-electron chi connectivity index (χ0n) is 14.1. The second kappa shape index (κ2) is 8.13. The van der Waals surface area contributed by atoms with E-state index in [4.69, 9.17) is 4.74 Å². The predicted molar refractivity (Wildman–Crippen MR) is 94.1 cm³/mol. The minimum Gasteiger partial charge on any atom is -0.494 e. The first-order valence-corrected chi connectivity index (χ1v) is 9.28. The number of carboxylic acids is 1. The third-order valence-corrected chi connectivity index (χ3v) is 5.69. The van der Waals surface area contributed by atoms with Gasteiger partial charge < -0.3 is 9.84 Å². The fourth-order valence-electron chi connectivity index (χ4n) is 2.41. The summed E-state index contributed by atoms with van der Waals surface area (Å²) < 4.78 is 31.6. The van der Waals surface area contributed by atoms with Gasteiger partial charge in [-0.25, -0.2) is 8.42 Å². The summed E-state index contributed by atoms with van der Waals surface area (Å²) in [5.41, 5.74) is 0.714. The molecule has 1 atom stereocenters. The van der Waals surface area contributed by atoms with Gasteiger partial charge in [-0.3, -0.25) is 4.79 Å². The Bertz CT molecular complexity index is 803. The van der Waals surface area contributed by atoms with Crippen LogP contribution in [0.25, 0.3) is 0 Å². The molecule has 0 spiro atoms. The molecule has 2 aromatic carbocycles. The molecular weight excluding hydrogens is 342 g/mol. The van der Waals surface area contributed by atoms with Crippen molar-refractivity contribution in [3.8, 4) is 5.75 Å². The van der Waals surface area contributed by atoms with Crippen molar-refractivity contribution in [1.29, 1.82) is 0 Å². The maximum Gasteiger partial charge on any atom is 0.322 e. The lowest BCUT2D eigenvalue weighted by Gasteiger charge is -2.24. The monoisotopic (exact) mass is 363 g/mol. The van der Waals surface area contributed by atoms with E-state index in [-0.39, 0.29) is 11.3 Å². The summed E-state index contributed by atoms with van der Waals surface area (Å²) in [6.45, 7) is 2.41. The number of nitrogens with zero attached hydrogens (tertiary/aromatic N) is 1. The van der Waals surface area contributed by atoms with Gasteiger partial charge in [0.15, 0.2) is 0 Å². The topological polar surface area (TPSA) is 83.9 Å². The number of aliphatic carboxylic acids is 1. The van der Waals surface area contributed by atoms with Crippen LogP contribution in [0.4, 0.5) is 0 Å². The summed E-state index contributed by atoms with van der Waals surface area (Å²) >= 11 is 0. The minimum absolute atomic E-state index is 0.0598. The first kappa shape index (κ1) is 19.0. The van der Waals surface area contributed by atoms with E-state index in [0.717, 1.165) is 4.31 Å². The second-order valence-electron chi connectivity index (χ2n) is 5.47. The SMILES string of the molecule is CCOc1ccc(C[C@@H](C(=O)O)N(C)S(=O)(=O)c2ccccc2)cc1. The number of hydrogen-bond acceptors (Lipinski definition) is 4. The van der Waals surface area contributed by atoms with E-state index in [1.54, 1.807) is 42.5 Å². The lowest BCUT2D eigenvalue weighted by atomic mass is 10.1. The third-order valence-electron chi connectivity index (χ3n) is 3.81. The number of carbonyl (C=O) groups is 1. The molecule has 6 nitrogen and oxygen atoms in total. The van der Waals surface area contributed by atoms with Gasteiger partial charge in [-0.2, -0.15) is 4.31 Å². The number of sulfonamides is 1. The van der Waals surface area contributed by atoms with Gasteiger partial charge in [0.25, 0.3) is 0 Å². The van der Waals surface area contributed by atoms with Gasteiger partial charge in [-0.15, -0.1) is 0 Å². The molecule has 0 saturated carbocycles. The highest BCUT2D eigenvalue weighted by Gasteiger charge is 2.32. The molecular formula is C18H21NO5S. The molecule has 0 aliphatic heterocycles. The molecule has 0 aromatic heterocycles. The molecule has 134 valence electrons. The Labute approximate surface area is 147 Å². The molecule has 2 aromatic rings. The number of likely N-dealkylation sites (N-methyl/N-ethyl adjacent to an activating group) is 1. The zero-order chi connectivity index (χ0) is 18.4. The fourth-order valence-corrected chi connectivity index (χ4v) is 3.74. The minimum atomic E-state index is -3.89. The summed E-state index contributed by atoms with van der Waals surface area (Å²) in [5.74, 6) is -0.515. The number of carboxylic acid groups (broad SMARTS) is 1. The Balaban J connectivity index is 2.24. The van der Waals surface area contributed by atoms with Crippen molar-refractivity contribution in [2.24, 2.45) is 0 Å². The van der Waals surface area contributed by atoms with E-state index < -0.39 is 22.0 Å². The van der Waals surface area contributed by atoms with Gasteiger partial charge in [-0.05, 0) is 43.2 Å². The van der Waals surface area contributed by atoms with Crippen LogP contribution < -0.4 is 4.74 Å². The molecule has 1 N–H and O–H groups in total. The fraction of sp³-hybridized carbons (Fsp3) is 0.278. The van der Waals surface area contributed by atoms with Gasteiger partial charge in [0.1, 0.15) is 11.8 Å². The quantitative estimate of drug-likeness (QED) is 0.779. The van der Waals surface area contributed by atoms with E-state index in [9.17, 15) is 18.3 Å². The maximum atomic E-state index is 12.7. The maximum absolute atomic E-state index is 12.7. The van der Waals surface area contributed by atoms with Crippen LogP contribution in [0.15, 0.2) is 59.5 Å².